The van der Waals surface area contributed by atoms with Crippen LogP contribution in [0.2, 0.25) is 0 Å². The van der Waals surface area contributed by atoms with E-state index in [4.69, 9.17) is 0 Å². The molecule has 0 saturated heterocycles. The fourth-order valence-electron chi connectivity index (χ4n) is 1.41. The third-order valence-corrected chi connectivity index (χ3v) is 2.08. The Hall–Kier alpha value is -1.84. The van der Waals surface area contributed by atoms with Crippen molar-refractivity contribution in [3.8, 4) is 0 Å². The van der Waals surface area contributed by atoms with E-state index in [1.54, 1.807) is 6.20 Å². The Morgan fingerprint density at radius 1 is 1.57 bits per heavy atom. The summed E-state index contributed by atoms with van der Waals surface area (Å²) in [6.07, 6.45) is 3.71. The van der Waals surface area contributed by atoms with Crippen molar-refractivity contribution in [2.45, 2.75) is 6.92 Å². The van der Waals surface area contributed by atoms with Gasteiger partial charge >= 0.3 is 0 Å². The van der Waals surface area contributed by atoms with Gasteiger partial charge in [0.2, 0.25) is 5.91 Å². The molecule has 0 aliphatic heterocycles. The van der Waals surface area contributed by atoms with E-state index in [2.05, 4.69) is 10.3 Å². The molecule has 2 heterocycles. The standard InChI is InChI=1S/C10H11N3O/c1-7(14)12-10-5-8-3-4-13(2)9(8)6-11-10/h3-6H,1-2H3,(H,11,12,14). The summed E-state index contributed by atoms with van der Waals surface area (Å²) in [6, 6.07) is 3.85. The van der Waals surface area contributed by atoms with Crippen molar-refractivity contribution < 1.29 is 4.79 Å². The van der Waals surface area contributed by atoms with Gasteiger partial charge < -0.3 is 9.88 Å². The molecule has 1 amide bonds. The topological polar surface area (TPSA) is 46.9 Å². The van der Waals surface area contributed by atoms with Crippen molar-refractivity contribution in [3.63, 3.8) is 0 Å². The molecule has 0 spiro atoms. The summed E-state index contributed by atoms with van der Waals surface area (Å²) in [4.78, 5) is 14.9. The Kier molecular flexibility index (Phi) is 1.96. The number of aryl methyl sites for hydroxylation is 1. The molecule has 4 heteroatoms. The number of rotatable bonds is 1. The van der Waals surface area contributed by atoms with Gasteiger partial charge in [-0.3, -0.25) is 4.79 Å². The zero-order valence-corrected chi connectivity index (χ0v) is 8.11. The van der Waals surface area contributed by atoms with Gasteiger partial charge in [-0.2, -0.15) is 0 Å². The third kappa shape index (κ3) is 1.46. The quantitative estimate of drug-likeness (QED) is 0.739. The summed E-state index contributed by atoms with van der Waals surface area (Å²) in [5.74, 6) is 0.490. The smallest absolute Gasteiger partial charge is 0.222 e. The highest BCUT2D eigenvalue weighted by molar-refractivity contribution is 5.90. The zero-order chi connectivity index (χ0) is 10.1. The van der Waals surface area contributed by atoms with Crippen molar-refractivity contribution in [3.05, 3.63) is 24.5 Å². The second kappa shape index (κ2) is 3.14. The van der Waals surface area contributed by atoms with Crippen LogP contribution >= 0.6 is 0 Å². The average Bonchev–Trinajstić information content (AvgIpc) is 2.46. The molecule has 0 fully saturated rings. The van der Waals surface area contributed by atoms with Gasteiger partial charge in [-0.05, 0) is 12.1 Å². The van der Waals surface area contributed by atoms with Crippen molar-refractivity contribution in [1.82, 2.24) is 9.55 Å². The molecule has 2 aromatic heterocycles. The van der Waals surface area contributed by atoms with Crippen LogP contribution in [-0.2, 0) is 11.8 Å². The Balaban J connectivity index is 2.46. The normalized spacial score (nSPS) is 10.4. The number of nitrogens with zero attached hydrogens (tertiary/aromatic N) is 2. The van der Waals surface area contributed by atoms with E-state index in [0.29, 0.717) is 5.82 Å². The summed E-state index contributed by atoms with van der Waals surface area (Å²) in [7, 11) is 1.96. The van der Waals surface area contributed by atoms with Crippen LogP contribution in [-0.4, -0.2) is 15.5 Å². The number of amides is 1. The maximum Gasteiger partial charge on any atom is 0.222 e. The van der Waals surface area contributed by atoms with Gasteiger partial charge in [0.25, 0.3) is 0 Å². The number of pyridine rings is 1. The number of carbonyl (C=O) groups excluding carboxylic acids is 1. The first-order chi connectivity index (χ1) is 6.66. The van der Waals surface area contributed by atoms with Crippen LogP contribution in [0.15, 0.2) is 24.5 Å². The minimum atomic E-state index is -0.104. The molecule has 0 aromatic carbocycles. The summed E-state index contributed by atoms with van der Waals surface area (Å²) < 4.78 is 1.99. The Labute approximate surface area is 81.6 Å². The van der Waals surface area contributed by atoms with Crippen LogP contribution < -0.4 is 5.32 Å². The van der Waals surface area contributed by atoms with E-state index in [-0.39, 0.29) is 5.91 Å². The van der Waals surface area contributed by atoms with Gasteiger partial charge in [-0.25, -0.2) is 4.98 Å². The lowest BCUT2D eigenvalue weighted by Crippen LogP contribution is -2.06. The van der Waals surface area contributed by atoms with Crippen LogP contribution in [0, 0.1) is 0 Å². The molecule has 0 aliphatic carbocycles. The molecule has 0 aliphatic rings. The van der Waals surface area contributed by atoms with Gasteiger partial charge in [0.05, 0.1) is 11.7 Å². The van der Waals surface area contributed by atoms with E-state index in [1.807, 2.05) is 29.9 Å². The maximum absolute atomic E-state index is 10.8. The monoisotopic (exact) mass is 189 g/mol. The van der Waals surface area contributed by atoms with Crippen molar-refractivity contribution in [2.24, 2.45) is 7.05 Å². The van der Waals surface area contributed by atoms with Crippen LogP contribution in [0.5, 0.6) is 0 Å². The molecule has 4 nitrogen and oxygen atoms in total. The molecule has 2 rings (SSSR count). The highest BCUT2D eigenvalue weighted by atomic mass is 16.1. The van der Waals surface area contributed by atoms with E-state index in [1.165, 1.54) is 6.92 Å². The van der Waals surface area contributed by atoms with Crippen LogP contribution in [0.1, 0.15) is 6.92 Å². The second-order valence-corrected chi connectivity index (χ2v) is 3.24. The van der Waals surface area contributed by atoms with E-state index >= 15 is 0 Å². The number of fused-ring (bicyclic) bond motifs is 1. The fourth-order valence-corrected chi connectivity index (χ4v) is 1.41. The van der Waals surface area contributed by atoms with E-state index in [9.17, 15) is 4.79 Å². The summed E-state index contributed by atoms with van der Waals surface area (Å²) >= 11 is 0. The molecule has 14 heavy (non-hydrogen) atoms. The van der Waals surface area contributed by atoms with Crippen molar-refractivity contribution >= 4 is 22.6 Å². The zero-order valence-electron chi connectivity index (χ0n) is 8.11. The van der Waals surface area contributed by atoms with Crippen LogP contribution in [0.3, 0.4) is 0 Å². The fraction of sp³-hybridized carbons (Fsp3) is 0.200. The molecular formula is C10H11N3O. The molecule has 0 unspecified atom stereocenters. The number of aromatic nitrogens is 2. The number of hydrogen-bond acceptors (Lipinski definition) is 2. The molecule has 1 N–H and O–H groups in total. The first-order valence-corrected chi connectivity index (χ1v) is 4.35. The molecule has 0 radical (unpaired) electrons. The predicted octanol–water partition coefficient (Wildman–Crippen LogP) is 1.53. The van der Waals surface area contributed by atoms with Crippen molar-refractivity contribution in [1.29, 1.82) is 0 Å². The Bertz CT molecular complexity index is 487. The third-order valence-electron chi connectivity index (χ3n) is 2.08. The molecule has 0 atom stereocenters. The summed E-state index contributed by atoms with van der Waals surface area (Å²) in [5.41, 5.74) is 1.05. The second-order valence-electron chi connectivity index (χ2n) is 3.24. The van der Waals surface area contributed by atoms with Gasteiger partial charge in [0.15, 0.2) is 0 Å². The van der Waals surface area contributed by atoms with Gasteiger partial charge in [-0.1, -0.05) is 0 Å². The Morgan fingerprint density at radius 2 is 2.36 bits per heavy atom. The lowest BCUT2D eigenvalue weighted by molar-refractivity contribution is -0.114. The number of carbonyl (C=O) groups is 1. The SMILES string of the molecule is CC(=O)Nc1cc2ccn(C)c2cn1. The largest absolute Gasteiger partial charge is 0.349 e. The number of hydrogen-bond donors (Lipinski definition) is 1. The van der Waals surface area contributed by atoms with Crippen molar-refractivity contribution in [2.75, 3.05) is 5.32 Å². The predicted molar refractivity (Wildman–Crippen MR) is 55.0 cm³/mol. The molecule has 2 aromatic rings. The Morgan fingerprint density at radius 3 is 3.07 bits per heavy atom. The van der Waals surface area contributed by atoms with Crippen LogP contribution in [0.25, 0.3) is 10.9 Å². The van der Waals surface area contributed by atoms with Crippen LogP contribution in [0.4, 0.5) is 5.82 Å². The average molecular weight is 189 g/mol. The first-order valence-electron chi connectivity index (χ1n) is 4.35. The number of anilines is 1. The van der Waals surface area contributed by atoms with Gasteiger partial charge in [-0.15, -0.1) is 0 Å². The van der Waals surface area contributed by atoms with E-state index in [0.717, 1.165) is 10.9 Å². The summed E-state index contributed by atoms with van der Waals surface area (Å²) in [6.45, 7) is 1.47. The minimum absolute atomic E-state index is 0.104. The van der Waals surface area contributed by atoms with Gasteiger partial charge in [0.1, 0.15) is 5.82 Å². The first kappa shape index (κ1) is 8.74. The van der Waals surface area contributed by atoms with E-state index < -0.39 is 0 Å². The minimum Gasteiger partial charge on any atom is -0.349 e. The lowest BCUT2D eigenvalue weighted by Gasteiger charge is -2.01. The molecule has 72 valence electrons. The molecule has 0 bridgehead atoms. The lowest BCUT2D eigenvalue weighted by atomic mass is 10.3. The van der Waals surface area contributed by atoms with Gasteiger partial charge in [0, 0.05) is 25.6 Å². The molecule has 0 saturated carbocycles. The highest BCUT2D eigenvalue weighted by Crippen LogP contribution is 2.16. The highest BCUT2D eigenvalue weighted by Gasteiger charge is 2.01. The number of nitrogens with one attached hydrogen (secondary N) is 1. The maximum atomic E-state index is 10.8. The summed E-state index contributed by atoms with van der Waals surface area (Å²) in [5, 5.41) is 3.72. The molecular weight excluding hydrogens is 178 g/mol.